The third kappa shape index (κ3) is 3.84. The molecule has 0 spiro atoms. The summed E-state index contributed by atoms with van der Waals surface area (Å²) in [5.41, 5.74) is 0.779. The number of halogens is 2. The van der Waals surface area contributed by atoms with Gasteiger partial charge in [0.15, 0.2) is 5.82 Å². The standard InChI is InChI=1S/C13H10Cl2N2O2/c1-8-6-12(17-19-8)16-13(18)5-3-9-2-4-10(14)11(15)7-9/h2-7H,1H3,(H,16,17,18)/b5-3-. The summed E-state index contributed by atoms with van der Waals surface area (Å²) in [6.07, 6.45) is 3.01. The molecule has 1 N–H and O–H groups in total. The molecule has 1 aromatic carbocycles. The zero-order chi connectivity index (χ0) is 13.8. The van der Waals surface area contributed by atoms with Gasteiger partial charge in [-0.3, -0.25) is 4.79 Å². The van der Waals surface area contributed by atoms with Crippen molar-refractivity contribution in [1.29, 1.82) is 0 Å². The van der Waals surface area contributed by atoms with Crippen molar-refractivity contribution in [3.63, 3.8) is 0 Å². The lowest BCUT2D eigenvalue weighted by Gasteiger charge is -1.98. The number of aromatic nitrogens is 1. The zero-order valence-corrected chi connectivity index (χ0v) is 11.5. The second kappa shape index (κ2) is 5.91. The first-order valence-corrected chi connectivity index (χ1v) is 6.17. The summed E-state index contributed by atoms with van der Waals surface area (Å²) in [5, 5.41) is 7.14. The van der Waals surface area contributed by atoms with Crippen molar-refractivity contribution in [3.8, 4) is 0 Å². The van der Waals surface area contributed by atoms with E-state index in [2.05, 4.69) is 10.5 Å². The largest absolute Gasteiger partial charge is 0.360 e. The molecule has 0 saturated heterocycles. The molecule has 1 aromatic heterocycles. The Morgan fingerprint density at radius 2 is 2.11 bits per heavy atom. The molecule has 2 aromatic rings. The molecule has 0 bridgehead atoms. The molecule has 0 fully saturated rings. The van der Waals surface area contributed by atoms with Crippen LogP contribution in [0.5, 0.6) is 0 Å². The second-order valence-corrected chi connectivity index (χ2v) is 4.63. The van der Waals surface area contributed by atoms with Gasteiger partial charge in [-0.2, -0.15) is 0 Å². The maximum Gasteiger partial charge on any atom is 0.249 e. The van der Waals surface area contributed by atoms with Gasteiger partial charge in [-0.15, -0.1) is 0 Å². The van der Waals surface area contributed by atoms with E-state index in [9.17, 15) is 4.79 Å². The first kappa shape index (κ1) is 13.6. The SMILES string of the molecule is Cc1cc(NC(=O)/C=C\c2ccc(Cl)c(Cl)c2)no1. The van der Waals surface area contributed by atoms with E-state index in [4.69, 9.17) is 27.7 Å². The highest BCUT2D eigenvalue weighted by molar-refractivity contribution is 6.42. The predicted molar refractivity (Wildman–Crippen MR) is 75.4 cm³/mol. The Morgan fingerprint density at radius 3 is 2.74 bits per heavy atom. The maximum absolute atomic E-state index is 11.6. The third-order valence-electron chi connectivity index (χ3n) is 2.25. The fourth-order valence-corrected chi connectivity index (χ4v) is 1.69. The molecule has 1 amide bonds. The van der Waals surface area contributed by atoms with Crippen LogP contribution in [0.3, 0.4) is 0 Å². The molecule has 0 aliphatic rings. The summed E-state index contributed by atoms with van der Waals surface area (Å²) in [6, 6.07) is 6.74. The molecular formula is C13H10Cl2N2O2. The molecule has 98 valence electrons. The van der Waals surface area contributed by atoms with Crippen molar-refractivity contribution in [2.45, 2.75) is 6.92 Å². The van der Waals surface area contributed by atoms with Crippen molar-refractivity contribution in [2.75, 3.05) is 5.32 Å². The zero-order valence-electron chi connectivity index (χ0n) is 9.98. The molecule has 1 heterocycles. The molecule has 0 radical (unpaired) electrons. The number of benzene rings is 1. The summed E-state index contributed by atoms with van der Waals surface area (Å²) < 4.78 is 4.84. The summed E-state index contributed by atoms with van der Waals surface area (Å²) >= 11 is 11.7. The number of hydrogen-bond acceptors (Lipinski definition) is 3. The highest BCUT2D eigenvalue weighted by Crippen LogP contribution is 2.23. The number of hydrogen-bond donors (Lipinski definition) is 1. The third-order valence-corrected chi connectivity index (χ3v) is 2.99. The second-order valence-electron chi connectivity index (χ2n) is 3.82. The van der Waals surface area contributed by atoms with Gasteiger partial charge in [0.2, 0.25) is 5.91 Å². The van der Waals surface area contributed by atoms with Crippen LogP contribution >= 0.6 is 23.2 Å². The Hall–Kier alpha value is -1.78. The van der Waals surface area contributed by atoms with Gasteiger partial charge in [0.1, 0.15) is 5.76 Å². The van der Waals surface area contributed by atoms with Gasteiger partial charge in [-0.25, -0.2) is 0 Å². The van der Waals surface area contributed by atoms with Crippen LogP contribution in [0.15, 0.2) is 34.9 Å². The summed E-state index contributed by atoms with van der Waals surface area (Å²) in [6.45, 7) is 1.74. The maximum atomic E-state index is 11.6. The van der Waals surface area contributed by atoms with E-state index < -0.39 is 0 Å². The van der Waals surface area contributed by atoms with Gasteiger partial charge in [-0.05, 0) is 30.7 Å². The van der Waals surface area contributed by atoms with Crippen molar-refractivity contribution < 1.29 is 9.32 Å². The number of carbonyl (C=O) groups is 1. The number of anilines is 1. The molecule has 6 heteroatoms. The Labute approximate surface area is 120 Å². The molecule has 19 heavy (non-hydrogen) atoms. The molecule has 4 nitrogen and oxygen atoms in total. The average molecular weight is 297 g/mol. The van der Waals surface area contributed by atoms with Crippen LogP contribution in [-0.4, -0.2) is 11.1 Å². The van der Waals surface area contributed by atoms with Crippen LogP contribution in [-0.2, 0) is 4.79 Å². The molecule has 0 aliphatic carbocycles. The van der Waals surface area contributed by atoms with Crippen molar-refractivity contribution in [3.05, 3.63) is 51.7 Å². The van der Waals surface area contributed by atoms with E-state index >= 15 is 0 Å². The van der Waals surface area contributed by atoms with Crippen LogP contribution in [0.1, 0.15) is 11.3 Å². The van der Waals surface area contributed by atoms with Gasteiger partial charge < -0.3 is 9.84 Å². The minimum Gasteiger partial charge on any atom is -0.360 e. The van der Waals surface area contributed by atoms with E-state index in [0.29, 0.717) is 21.6 Å². The number of aryl methyl sites for hydroxylation is 1. The minimum atomic E-state index is -0.306. The Morgan fingerprint density at radius 1 is 1.32 bits per heavy atom. The molecule has 0 unspecified atom stereocenters. The highest BCUT2D eigenvalue weighted by atomic mass is 35.5. The molecule has 0 atom stereocenters. The number of carbonyl (C=O) groups excluding carboxylic acids is 1. The lowest BCUT2D eigenvalue weighted by Crippen LogP contribution is -2.07. The van der Waals surface area contributed by atoms with E-state index in [1.54, 1.807) is 37.3 Å². The fraction of sp³-hybridized carbons (Fsp3) is 0.0769. The van der Waals surface area contributed by atoms with Crippen LogP contribution in [0.4, 0.5) is 5.82 Å². The van der Waals surface area contributed by atoms with Crippen molar-refractivity contribution >= 4 is 41.0 Å². The molecule has 0 aliphatic heterocycles. The number of amides is 1. The lowest BCUT2D eigenvalue weighted by atomic mass is 10.2. The van der Waals surface area contributed by atoms with E-state index in [-0.39, 0.29) is 5.91 Å². The number of nitrogens with one attached hydrogen (secondary N) is 1. The summed E-state index contributed by atoms with van der Waals surface area (Å²) in [4.78, 5) is 11.6. The van der Waals surface area contributed by atoms with Gasteiger partial charge in [0.05, 0.1) is 10.0 Å². The van der Waals surface area contributed by atoms with Gasteiger partial charge in [0.25, 0.3) is 0 Å². The Bertz CT molecular complexity index is 635. The molecule has 2 rings (SSSR count). The Balaban J connectivity index is 2.01. The van der Waals surface area contributed by atoms with E-state index in [0.717, 1.165) is 5.56 Å². The quantitative estimate of drug-likeness (QED) is 0.873. The van der Waals surface area contributed by atoms with Crippen LogP contribution in [0, 0.1) is 6.92 Å². The van der Waals surface area contributed by atoms with Crippen LogP contribution in [0.25, 0.3) is 6.08 Å². The predicted octanol–water partition coefficient (Wildman–Crippen LogP) is 3.94. The van der Waals surface area contributed by atoms with Gasteiger partial charge in [-0.1, -0.05) is 34.4 Å². The number of nitrogens with zero attached hydrogens (tertiary/aromatic N) is 1. The Kier molecular flexibility index (Phi) is 4.24. The monoisotopic (exact) mass is 296 g/mol. The molecule has 0 saturated carbocycles. The van der Waals surface area contributed by atoms with Crippen molar-refractivity contribution in [2.24, 2.45) is 0 Å². The first-order valence-electron chi connectivity index (χ1n) is 5.42. The highest BCUT2D eigenvalue weighted by Gasteiger charge is 2.03. The normalized spacial score (nSPS) is 10.9. The van der Waals surface area contributed by atoms with E-state index in [1.165, 1.54) is 6.08 Å². The van der Waals surface area contributed by atoms with Crippen LogP contribution in [0.2, 0.25) is 10.0 Å². The topological polar surface area (TPSA) is 55.1 Å². The fourth-order valence-electron chi connectivity index (χ4n) is 1.38. The molecular weight excluding hydrogens is 287 g/mol. The minimum absolute atomic E-state index is 0.306. The van der Waals surface area contributed by atoms with Gasteiger partial charge >= 0.3 is 0 Å². The summed E-state index contributed by atoms with van der Waals surface area (Å²) in [7, 11) is 0. The van der Waals surface area contributed by atoms with Gasteiger partial charge in [0, 0.05) is 12.1 Å². The number of rotatable bonds is 3. The lowest BCUT2D eigenvalue weighted by molar-refractivity contribution is -0.111. The van der Waals surface area contributed by atoms with Crippen molar-refractivity contribution in [1.82, 2.24) is 5.16 Å². The van der Waals surface area contributed by atoms with E-state index in [1.807, 2.05) is 0 Å². The van der Waals surface area contributed by atoms with Crippen LogP contribution < -0.4 is 5.32 Å². The summed E-state index contributed by atoms with van der Waals surface area (Å²) in [5.74, 6) is 0.699. The smallest absolute Gasteiger partial charge is 0.249 e. The average Bonchev–Trinajstić information content (AvgIpc) is 2.76. The first-order chi connectivity index (χ1) is 9.04.